The topological polar surface area (TPSA) is 94.2 Å². The number of aliphatic hydroxyl groups is 1. The summed E-state index contributed by atoms with van der Waals surface area (Å²) in [6.45, 7) is 11.4. The summed E-state index contributed by atoms with van der Waals surface area (Å²) >= 11 is 0. The lowest BCUT2D eigenvalue weighted by Gasteiger charge is -2.29. The smallest absolute Gasteiger partial charge is 0.193 e. The normalized spacial score (nSPS) is 20.2. The van der Waals surface area contributed by atoms with Crippen LogP contribution < -0.4 is 0 Å². The third-order valence-electron chi connectivity index (χ3n) is 6.67. The van der Waals surface area contributed by atoms with E-state index in [1.54, 1.807) is 24.5 Å². The Hall–Kier alpha value is -3.29. The first-order chi connectivity index (χ1) is 19.1. The van der Waals surface area contributed by atoms with Crippen molar-refractivity contribution >= 4 is 5.84 Å². The molecule has 208 valence electrons. The zero-order valence-corrected chi connectivity index (χ0v) is 23.0. The molecular weight excluding hydrogens is 494 g/mol. The number of oxime groups is 1. The van der Waals surface area contributed by atoms with Crippen LogP contribution in [0, 0.1) is 11.8 Å². The molecule has 2 aromatic heterocycles. The fourth-order valence-corrected chi connectivity index (χ4v) is 4.58. The van der Waals surface area contributed by atoms with Crippen LogP contribution in [-0.2, 0) is 20.9 Å². The van der Waals surface area contributed by atoms with Crippen LogP contribution in [-0.4, -0.2) is 69.1 Å². The Morgan fingerprint density at radius 3 is 2.82 bits per heavy atom. The average Bonchev–Trinajstić information content (AvgIpc) is 3.44. The molecule has 1 unspecified atom stereocenters. The molecular formula is C30H39N5O4. The van der Waals surface area contributed by atoms with Gasteiger partial charge in [-0.3, -0.25) is 14.5 Å². The maximum atomic E-state index is 9.73. The Labute approximate surface area is 231 Å². The molecule has 0 aromatic carbocycles. The Morgan fingerprint density at radius 2 is 2.13 bits per heavy atom. The van der Waals surface area contributed by atoms with Crippen LogP contribution in [0.1, 0.15) is 69.1 Å². The number of hydrogen-bond acceptors (Lipinski definition) is 8. The van der Waals surface area contributed by atoms with Gasteiger partial charge in [0.2, 0.25) is 0 Å². The molecule has 4 heterocycles. The predicted octanol–water partition coefficient (Wildman–Crippen LogP) is 4.20. The minimum atomic E-state index is -0.326. The number of hydrogen-bond donors (Lipinski definition) is 1. The van der Waals surface area contributed by atoms with Crippen molar-refractivity contribution in [3.63, 3.8) is 0 Å². The molecule has 1 N–H and O–H groups in total. The first-order valence-electron chi connectivity index (χ1n) is 13.8. The van der Waals surface area contributed by atoms with Crippen LogP contribution in [0.4, 0.5) is 0 Å². The summed E-state index contributed by atoms with van der Waals surface area (Å²) in [6, 6.07) is 3.98. The molecule has 2 fully saturated rings. The van der Waals surface area contributed by atoms with Gasteiger partial charge in [-0.25, -0.2) is 4.98 Å². The van der Waals surface area contributed by atoms with Crippen molar-refractivity contribution in [3.05, 3.63) is 72.1 Å². The van der Waals surface area contributed by atoms with Crippen molar-refractivity contribution in [3.8, 4) is 11.8 Å². The molecule has 9 heteroatoms. The molecule has 0 bridgehead atoms. The largest absolute Gasteiger partial charge is 0.394 e. The highest BCUT2D eigenvalue weighted by Crippen LogP contribution is 2.23. The molecule has 0 radical (unpaired) electrons. The van der Waals surface area contributed by atoms with Crippen molar-refractivity contribution in [1.29, 1.82) is 0 Å². The lowest BCUT2D eigenvalue weighted by molar-refractivity contribution is -0.187. The molecule has 2 aliphatic rings. The number of ether oxygens (including phenoxy) is 2. The van der Waals surface area contributed by atoms with Crippen molar-refractivity contribution in [1.82, 2.24) is 19.4 Å². The SMILES string of the molecule is C=C/C=C(C#Cc1ccc(CN2CCC(O)CC2)nc1)\C(=N/OCC)n1ccnc1[C@H](C)OC1CCCCO1. The maximum absolute atomic E-state index is 9.73. The minimum Gasteiger partial charge on any atom is -0.394 e. The van der Waals surface area contributed by atoms with Crippen LogP contribution in [0.5, 0.6) is 0 Å². The van der Waals surface area contributed by atoms with E-state index in [1.165, 1.54) is 0 Å². The van der Waals surface area contributed by atoms with Crippen LogP contribution >= 0.6 is 0 Å². The first-order valence-corrected chi connectivity index (χ1v) is 13.8. The molecule has 9 nitrogen and oxygen atoms in total. The third kappa shape index (κ3) is 8.35. The van der Waals surface area contributed by atoms with E-state index in [1.807, 2.05) is 36.7 Å². The Kier molecular flexibility index (Phi) is 10.9. The van der Waals surface area contributed by atoms with Crippen molar-refractivity contribution in [2.75, 3.05) is 26.3 Å². The summed E-state index contributed by atoms with van der Waals surface area (Å²) in [5, 5.41) is 14.1. The number of likely N-dealkylation sites (tertiary alicyclic amines) is 1. The van der Waals surface area contributed by atoms with Gasteiger partial charge in [0.15, 0.2) is 12.1 Å². The maximum Gasteiger partial charge on any atom is 0.193 e. The van der Waals surface area contributed by atoms with E-state index >= 15 is 0 Å². The zero-order valence-electron chi connectivity index (χ0n) is 23.0. The third-order valence-corrected chi connectivity index (χ3v) is 6.67. The minimum absolute atomic E-state index is 0.180. The Bertz CT molecular complexity index is 1180. The number of aromatic nitrogens is 3. The van der Waals surface area contributed by atoms with Crippen molar-refractivity contribution in [2.24, 2.45) is 5.16 Å². The lowest BCUT2D eigenvalue weighted by Crippen LogP contribution is -2.35. The molecule has 2 aliphatic heterocycles. The van der Waals surface area contributed by atoms with Crippen molar-refractivity contribution < 1.29 is 19.4 Å². The molecule has 0 spiro atoms. The Balaban J connectivity index is 1.51. The number of pyridine rings is 1. The fraction of sp³-hybridized carbons (Fsp3) is 0.500. The summed E-state index contributed by atoms with van der Waals surface area (Å²) in [5.74, 6) is 7.60. The van der Waals surface area contributed by atoms with E-state index in [9.17, 15) is 5.11 Å². The zero-order chi connectivity index (χ0) is 27.5. The summed E-state index contributed by atoms with van der Waals surface area (Å²) in [6.07, 6.45) is 12.7. The number of nitrogens with zero attached hydrogens (tertiary/aromatic N) is 5. The monoisotopic (exact) mass is 533 g/mol. The van der Waals surface area contributed by atoms with Crippen LogP contribution in [0.15, 0.2) is 60.2 Å². The van der Waals surface area contributed by atoms with Crippen molar-refractivity contribution in [2.45, 2.75) is 71.0 Å². The molecule has 0 saturated carbocycles. The van der Waals surface area contributed by atoms with Gasteiger partial charge >= 0.3 is 0 Å². The first kappa shape index (κ1) is 28.7. The van der Waals surface area contributed by atoms with Gasteiger partial charge in [-0.15, -0.1) is 0 Å². The number of imidazole rings is 1. The van der Waals surface area contributed by atoms with E-state index < -0.39 is 0 Å². The van der Waals surface area contributed by atoms with Gasteiger partial charge in [0.1, 0.15) is 18.5 Å². The van der Waals surface area contributed by atoms with Gasteiger partial charge in [0, 0.05) is 50.4 Å². The molecule has 2 saturated heterocycles. The summed E-state index contributed by atoms with van der Waals surface area (Å²) in [4.78, 5) is 16.9. The number of allylic oxidation sites excluding steroid dienone is 3. The van der Waals surface area contributed by atoms with Gasteiger partial charge in [0.25, 0.3) is 0 Å². The number of piperidine rings is 1. The highest BCUT2D eigenvalue weighted by Gasteiger charge is 2.23. The summed E-state index contributed by atoms with van der Waals surface area (Å²) in [5.41, 5.74) is 2.39. The molecule has 0 aliphatic carbocycles. The molecule has 39 heavy (non-hydrogen) atoms. The van der Waals surface area contributed by atoms with Crippen LogP contribution in [0.2, 0.25) is 0 Å². The molecule has 0 amide bonds. The number of rotatable bonds is 9. The Morgan fingerprint density at radius 1 is 1.28 bits per heavy atom. The van der Waals surface area contributed by atoms with Gasteiger partial charge < -0.3 is 19.4 Å². The van der Waals surface area contributed by atoms with E-state index in [4.69, 9.17) is 14.3 Å². The lowest BCUT2D eigenvalue weighted by atomic mass is 10.1. The highest BCUT2D eigenvalue weighted by molar-refractivity contribution is 6.04. The van der Waals surface area contributed by atoms with E-state index in [0.29, 0.717) is 30.4 Å². The fourth-order valence-electron chi connectivity index (χ4n) is 4.58. The number of aliphatic hydroxyl groups excluding tert-OH is 1. The second kappa shape index (κ2) is 14.8. The van der Waals surface area contributed by atoms with E-state index in [0.717, 1.165) is 63.0 Å². The van der Waals surface area contributed by atoms with Crippen LogP contribution in [0.3, 0.4) is 0 Å². The van der Waals surface area contributed by atoms with Gasteiger partial charge in [-0.1, -0.05) is 29.7 Å². The highest BCUT2D eigenvalue weighted by atomic mass is 16.7. The summed E-state index contributed by atoms with van der Waals surface area (Å²) in [7, 11) is 0. The quantitative estimate of drug-likeness (QED) is 0.170. The second-order valence-corrected chi connectivity index (χ2v) is 9.67. The molecule has 4 rings (SSSR count). The predicted molar refractivity (Wildman–Crippen MR) is 150 cm³/mol. The standard InChI is InChI=1S/C30H39N5O4/c1-4-8-25(12-10-24-11-13-26(32-21-24)22-34-17-14-27(36)15-18-34)30(33-38-5-2)35-19-16-31-29(35)23(3)39-28-9-6-7-20-37-28/h4,8,11,13,16,19,21,23,27-28,36H,1,5-7,9,14-15,17-18,20,22H2,2-3H3/b25-8-,33-30+/t23-,28?/m0/s1. The van der Waals surface area contributed by atoms with Crippen LogP contribution in [0.25, 0.3) is 0 Å². The van der Waals surface area contributed by atoms with Gasteiger partial charge in [-0.2, -0.15) is 0 Å². The van der Waals surface area contributed by atoms with E-state index in [-0.39, 0.29) is 18.5 Å². The van der Waals surface area contributed by atoms with Gasteiger partial charge in [-0.05, 0) is 64.2 Å². The van der Waals surface area contributed by atoms with Gasteiger partial charge in [0.05, 0.1) is 17.4 Å². The van der Waals surface area contributed by atoms with E-state index in [2.05, 4.69) is 38.4 Å². The molecule has 2 aromatic rings. The summed E-state index contributed by atoms with van der Waals surface area (Å²) < 4.78 is 13.8. The molecule has 2 atom stereocenters. The second-order valence-electron chi connectivity index (χ2n) is 9.67. The average molecular weight is 534 g/mol.